The van der Waals surface area contributed by atoms with E-state index in [0.29, 0.717) is 22.8 Å². The van der Waals surface area contributed by atoms with Gasteiger partial charge in [-0.25, -0.2) is 0 Å². The molecule has 0 heterocycles. The van der Waals surface area contributed by atoms with Crippen molar-refractivity contribution in [2.45, 2.75) is 6.92 Å². The SMILES string of the molecule is Cc1ccc(N)cc1O.Nc1ccc(OCCO)c(N)c1. The number of nitrogen functional groups attached to an aromatic ring is 3. The molecule has 0 saturated carbocycles. The monoisotopic (exact) mass is 291 g/mol. The molecule has 0 aromatic heterocycles. The van der Waals surface area contributed by atoms with E-state index in [0.717, 1.165) is 5.56 Å². The van der Waals surface area contributed by atoms with E-state index in [4.69, 9.17) is 32.2 Å². The number of phenols is 1. The van der Waals surface area contributed by atoms with Gasteiger partial charge in [0.1, 0.15) is 18.1 Å². The van der Waals surface area contributed by atoms with Crippen LogP contribution in [0.4, 0.5) is 17.1 Å². The predicted molar refractivity (Wildman–Crippen MR) is 85.1 cm³/mol. The Morgan fingerprint density at radius 2 is 1.62 bits per heavy atom. The molecule has 0 aliphatic heterocycles. The van der Waals surface area contributed by atoms with E-state index >= 15 is 0 Å². The smallest absolute Gasteiger partial charge is 0.142 e. The normalized spacial score (nSPS) is 9.62. The zero-order valence-corrected chi connectivity index (χ0v) is 11.9. The predicted octanol–water partition coefficient (Wildman–Crippen LogP) is 1.50. The summed E-state index contributed by atoms with van der Waals surface area (Å²) in [5.74, 6) is 0.813. The molecular formula is C15H21N3O3. The lowest BCUT2D eigenvalue weighted by molar-refractivity contribution is 0.202. The van der Waals surface area contributed by atoms with Crippen LogP contribution >= 0.6 is 0 Å². The number of anilines is 3. The molecule has 2 rings (SSSR count). The number of aryl methyl sites for hydroxylation is 1. The summed E-state index contributed by atoms with van der Waals surface area (Å²) in [7, 11) is 0. The van der Waals surface area contributed by atoms with Gasteiger partial charge < -0.3 is 32.2 Å². The lowest BCUT2D eigenvalue weighted by Gasteiger charge is -2.07. The fraction of sp³-hybridized carbons (Fsp3) is 0.200. The molecule has 0 atom stereocenters. The van der Waals surface area contributed by atoms with Crippen molar-refractivity contribution in [2.24, 2.45) is 0 Å². The topological polar surface area (TPSA) is 128 Å². The highest BCUT2D eigenvalue weighted by Gasteiger charge is 1.98. The second kappa shape index (κ2) is 7.86. The molecule has 0 aliphatic carbocycles. The van der Waals surface area contributed by atoms with Crippen LogP contribution < -0.4 is 21.9 Å². The highest BCUT2D eigenvalue weighted by atomic mass is 16.5. The number of phenolic OH excluding ortho intramolecular Hbond substituents is 1. The standard InChI is InChI=1S/C8H12N2O2.C7H9NO/c9-6-1-2-8(7(10)5-6)12-4-3-11;1-5-2-3-6(8)4-7(5)9/h1-2,5,11H,3-4,9-10H2;2-4,9H,8H2,1H3. The van der Waals surface area contributed by atoms with Crippen LogP contribution in [0.15, 0.2) is 36.4 Å². The summed E-state index contributed by atoms with van der Waals surface area (Å²) < 4.78 is 5.11. The zero-order chi connectivity index (χ0) is 15.8. The molecule has 6 nitrogen and oxygen atoms in total. The van der Waals surface area contributed by atoms with Gasteiger partial charge in [0.25, 0.3) is 0 Å². The van der Waals surface area contributed by atoms with E-state index in [2.05, 4.69) is 0 Å². The van der Waals surface area contributed by atoms with E-state index in [-0.39, 0.29) is 19.0 Å². The van der Waals surface area contributed by atoms with Crippen molar-refractivity contribution in [3.05, 3.63) is 42.0 Å². The molecule has 2 aromatic rings. The molecule has 6 heteroatoms. The van der Waals surface area contributed by atoms with Gasteiger partial charge in [0.2, 0.25) is 0 Å². The van der Waals surface area contributed by atoms with Crippen molar-refractivity contribution in [1.82, 2.24) is 0 Å². The minimum Gasteiger partial charge on any atom is -0.508 e. The molecule has 2 aromatic carbocycles. The molecule has 0 saturated heterocycles. The molecule has 0 radical (unpaired) electrons. The molecule has 0 unspecified atom stereocenters. The minimum atomic E-state index is -0.0240. The summed E-state index contributed by atoms with van der Waals surface area (Å²) in [5, 5.41) is 17.5. The summed E-state index contributed by atoms with van der Waals surface area (Å²) >= 11 is 0. The first-order chi connectivity index (χ1) is 9.93. The number of benzene rings is 2. The molecule has 8 N–H and O–H groups in total. The van der Waals surface area contributed by atoms with Gasteiger partial charge in [-0.15, -0.1) is 0 Å². The highest BCUT2D eigenvalue weighted by molar-refractivity contribution is 5.60. The molecule has 21 heavy (non-hydrogen) atoms. The van der Waals surface area contributed by atoms with Crippen LogP contribution in [-0.2, 0) is 0 Å². The first-order valence-corrected chi connectivity index (χ1v) is 6.37. The minimum absolute atomic E-state index is 0.0240. The number of rotatable bonds is 3. The van der Waals surface area contributed by atoms with E-state index in [9.17, 15) is 0 Å². The first-order valence-electron chi connectivity index (χ1n) is 6.37. The second-order valence-corrected chi connectivity index (χ2v) is 4.42. The number of aromatic hydroxyl groups is 1. The third-order valence-corrected chi connectivity index (χ3v) is 2.62. The number of aliphatic hydroxyl groups is 1. The molecule has 0 bridgehead atoms. The van der Waals surface area contributed by atoms with Crippen LogP contribution in [0, 0.1) is 6.92 Å². The number of ether oxygens (including phenoxy) is 1. The average Bonchev–Trinajstić information content (AvgIpc) is 2.43. The Kier molecular flexibility index (Phi) is 6.16. The molecule has 114 valence electrons. The van der Waals surface area contributed by atoms with Crippen molar-refractivity contribution in [1.29, 1.82) is 0 Å². The Labute approximate surface area is 123 Å². The van der Waals surface area contributed by atoms with Gasteiger partial charge in [-0.1, -0.05) is 6.07 Å². The second-order valence-electron chi connectivity index (χ2n) is 4.42. The lowest BCUT2D eigenvalue weighted by Crippen LogP contribution is -2.04. The number of hydrogen-bond acceptors (Lipinski definition) is 6. The summed E-state index contributed by atoms with van der Waals surface area (Å²) in [6.07, 6.45) is 0. The summed E-state index contributed by atoms with van der Waals surface area (Å²) in [4.78, 5) is 0. The fourth-order valence-electron chi connectivity index (χ4n) is 1.48. The fourth-order valence-corrected chi connectivity index (χ4v) is 1.48. The molecule has 0 aliphatic rings. The molecule has 0 spiro atoms. The maximum absolute atomic E-state index is 9.02. The van der Waals surface area contributed by atoms with Crippen LogP contribution in [0.3, 0.4) is 0 Å². The van der Waals surface area contributed by atoms with E-state index < -0.39 is 0 Å². The van der Waals surface area contributed by atoms with Crippen molar-refractivity contribution in [3.63, 3.8) is 0 Å². The molecule has 0 fully saturated rings. The number of aliphatic hydroxyl groups excluding tert-OH is 1. The molecule has 0 amide bonds. The quantitative estimate of drug-likeness (QED) is 0.545. The van der Waals surface area contributed by atoms with Gasteiger partial charge in [-0.2, -0.15) is 0 Å². The van der Waals surface area contributed by atoms with Crippen LogP contribution in [-0.4, -0.2) is 23.4 Å². The lowest BCUT2D eigenvalue weighted by atomic mass is 10.2. The van der Waals surface area contributed by atoms with Crippen molar-refractivity contribution in [2.75, 3.05) is 30.4 Å². The van der Waals surface area contributed by atoms with Gasteiger partial charge in [0.15, 0.2) is 0 Å². The van der Waals surface area contributed by atoms with E-state index in [1.807, 2.05) is 6.92 Å². The summed E-state index contributed by atoms with van der Waals surface area (Å²) in [6.45, 7) is 2.05. The number of hydrogen-bond donors (Lipinski definition) is 5. The van der Waals surface area contributed by atoms with Crippen molar-refractivity contribution in [3.8, 4) is 11.5 Å². The highest BCUT2D eigenvalue weighted by Crippen LogP contribution is 2.23. The Morgan fingerprint density at radius 3 is 2.14 bits per heavy atom. The Balaban J connectivity index is 0.000000219. The van der Waals surface area contributed by atoms with Crippen LogP contribution in [0.1, 0.15) is 5.56 Å². The van der Waals surface area contributed by atoms with Gasteiger partial charge in [-0.05, 0) is 36.8 Å². The van der Waals surface area contributed by atoms with Crippen LogP contribution in [0.5, 0.6) is 11.5 Å². The largest absolute Gasteiger partial charge is 0.508 e. The average molecular weight is 291 g/mol. The third-order valence-electron chi connectivity index (χ3n) is 2.62. The van der Waals surface area contributed by atoms with Gasteiger partial charge in [0.05, 0.1) is 12.3 Å². The van der Waals surface area contributed by atoms with Crippen LogP contribution in [0.2, 0.25) is 0 Å². The molecular weight excluding hydrogens is 270 g/mol. The van der Waals surface area contributed by atoms with Gasteiger partial charge in [-0.3, -0.25) is 0 Å². The summed E-state index contributed by atoms with van der Waals surface area (Å²) in [6, 6.07) is 10.1. The van der Waals surface area contributed by atoms with Gasteiger partial charge >= 0.3 is 0 Å². The third kappa shape index (κ3) is 5.50. The van der Waals surface area contributed by atoms with Crippen LogP contribution in [0.25, 0.3) is 0 Å². The maximum Gasteiger partial charge on any atom is 0.142 e. The van der Waals surface area contributed by atoms with E-state index in [1.165, 1.54) is 6.07 Å². The van der Waals surface area contributed by atoms with Gasteiger partial charge in [0, 0.05) is 17.4 Å². The Hall–Kier alpha value is -2.60. The van der Waals surface area contributed by atoms with Crippen molar-refractivity contribution >= 4 is 17.1 Å². The number of nitrogens with two attached hydrogens (primary N) is 3. The first kappa shape index (κ1) is 16.5. The summed E-state index contributed by atoms with van der Waals surface area (Å²) in [5.41, 5.74) is 19.0. The maximum atomic E-state index is 9.02. The van der Waals surface area contributed by atoms with Crippen molar-refractivity contribution < 1.29 is 14.9 Å². The van der Waals surface area contributed by atoms with E-state index in [1.54, 1.807) is 30.3 Å². The zero-order valence-electron chi connectivity index (χ0n) is 11.9. The Bertz CT molecular complexity index is 588. The Morgan fingerprint density at radius 1 is 1.00 bits per heavy atom.